The fraction of sp³-hybridized carbons (Fsp3) is 0.636. The minimum Gasteiger partial charge on any atom is -0.474 e. The molecule has 2 bridgehead atoms. The van der Waals surface area contributed by atoms with E-state index in [1.54, 1.807) is 0 Å². The Kier molecular flexibility index (Phi) is 3.72. The summed E-state index contributed by atoms with van der Waals surface area (Å²) in [6.45, 7) is 6.51. The Labute approximate surface area is 84.7 Å². The van der Waals surface area contributed by atoms with Crippen LogP contribution in [0.5, 0.6) is 0 Å². The van der Waals surface area contributed by atoms with Crippen molar-refractivity contribution in [3.63, 3.8) is 0 Å². The topological polar surface area (TPSA) is 49.7 Å². The summed E-state index contributed by atoms with van der Waals surface area (Å²) in [5.41, 5.74) is -0.676. The lowest BCUT2D eigenvalue weighted by Crippen LogP contribution is -2.36. The molecule has 0 heterocycles. The number of hydrogen-bond acceptors (Lipinski definition) is 3. The van der Waals surface area contributed by atoms with Crippen LogP contribution in [-0.2, 0) is 4.74 Å². The molecule has 0 amide bonds. The number of hydrogen-bond donors (Lipinski definition) is 2. The zero-order valence-electron chi connectivity index (χ0n) is 8.35. The highest BCUT2D eigenvalue weighted by molar-refractivity contribution is 5.02. The first kappa shape index (κ1) is 11.3. The molecule has 2 N–H and O–H groups in total. The van der Waals surface area contributed by atoms with Gasteiger partial charge in [0.05, 0.1) is 24.2 Å². The van der Waals surface area contributed by atoms with E-state index in [4.69, 9.17) is 0 Å². The minimum atomic E-state index is -0.676. The molecule has 3 nitrogen and oxygen atoms in total. The van der Waals surface area contributed by atoms with Crippen molar-refractivity contribution in [2.24, 2.45) is 5.92 Å². The molecule has 3 heteroatoms. The molecule has 2 fully saturated rings. The molecule has 0 aliphatic heterocycles. The van der Waals surface area contributed by atoms with Crippen LogP contribution in [0.2, 0.25) is 0 Å². The van der Waals surface area contributed by atoms with Crippen LogP contribution >= 0.6 is 0 Å². The van der Waals surface area contributed by atoms with E-state index in [2.05, 4.69) is 17.9 Å². The van der Waals surface area contributed by atoms with Gasteiger partial charge in [-0.2, -0.15) is 0 Å². The van der Waals surface area contributed by atoms with E-state index in [-0.39, 0.29) is 0 Å². The fourth-order valence-corrected chi connectivity index (χ4v) is 2.27. The highest BCUT2D eigenvalue weighted by Crippen LogP contribution is 2.47. The fourth-order valence-electron chi connectivity index (χ4n) is 2.27. The third kappa shape index (κ3) is 2.36. The van der Waals surface area contributed by atoms with Crippen molar-refractivity contribution in [2.75, 3.05) is 0 Å². The molecule has 0 aromatic rings. The molecule has 80 valence electrons. The smallest absolute Gasteiger partial charge is 0.0908 e. The highest BCUT2D eigenvalue weighted by Gasteiger charge is 2.50. The van der Waals surface area contributed by atoms with Gasteiger partial charge in [0.1, 0.15) is 0 Å². The molecular formula is C11H18O3. The molecule has 2 aliphatic rings. The van der Waals surface area contributed by atoms with Crippen molar-refractivity contribution in [3.8, 4) is 0 Å². The standard InChI is InChI=1S/C7H12O2.C4H6O/c8-6-3-5-1-2-7(6,9)4-5;1-3-5-4-2/h5-6,8-9H,1-4H2;3-4H,1-2H2. The van der Waals surface area contributed by atoms with Gasteiger partial charge >= 0.3 is 0 Å². The van der Waals surface area contributed by atoms with Crippen molar-refractivity contribution in [1.82, 2.24) is 0 Å². The normalized spacial score (nSPS) is 38.4. The molecule has 0 spiro atoms. The Balaban J connectivity index is 0.000000171. The number of aliphatic hydroxyl groups excluding tert-OH is 1. The molecule has 0 aromatic heterocycles. The number of ether oxygens (including phenoxy) is 1. The van der Waals surface area contributed by atoms with E-state index < -0.39 is 11.7 Å². The van der Waals surface area contributed by atoms with Gasteiger partial charge in [-0.1, -0.05) is 13.2 Å². The lowest BCUT2D eigenvalue weighted by atomic mass is 9.94. The van der Waals surface area contributed by atoms with Crippen molar-refractivity contribution in [1.29, 1.82) is 0 Å². The van der Waals surface area contributed by atoms with E-state index >= 15 is 0 Å². The van der Waals surface area contributed by atoms with Crippen LogP contribution in [0.15, 0.2) is 25.7 Å². The number of fused-ring (bicyclic) bond motifs is 2. The van der Waals surface area contributed by atoms with Crippen molar-refractivity contribution >= 4 is 0 Å². The van der Waals surface area contributed by atoms with E-state index in [0.717, 1.165) is 25.7 Å². The molecular weight excluding hydrogens is 180 g/mol. The summed E-state index contributed by atoms with van der Waals surface area (Å²) >= 11 is 0. The SMILES string of the molecule is C=COC=C.OC1CC2CCC1(O)C2. The summed E-state index contributed by atoms with van der Waals surface area (Å²) in [6, 6.07) is 0. The zero-order chi connectivity index (χ0) is 10.6. The summed E-state index contributed by atoms with van der Waals surface area (Å²) in [5, 5.41) is 18.8. The van der Waals surface area contributed by atoms with Gasteiger partial charge in [-0.15, -0.1) is 0 Å². The van der Waals surface area contributed by atoms with Crippen molar-refractivity contribution < 1.29 is 14.9 Å². The molecule has 2 aliphatic carbocycles. The maximum Gasteiger partial charge on any atom is 0.0908 e. The van der Waals surface area contributed by atoms with Gasteiger partial charge in [-0.05, 0) is 31.6 Å². The van der Waals surface area contributed by atoms with Crippen molar-refractivity contribution in [2.45, 2.75) is 37.4 Å². The summed E-state index contributed by atoms with van der Waals surface area (Å²) in [4.78, 5) is 0. The average molecular weight is 198 g/mol. The van der Waals surface area contributed by atoms with Gasteiger partial charge in [0.2, 0.25) is 0 Å². The Morgan fingerprint density at radius 1 is 1.36 bits per heavy atom. The molecule has 14 heavy (non-hydrogen) atoms. The third-order valence-corrected chi connectivity index (χ3v) is 3.00. The highest BCUT2D eigenvalue weighted by atomic mass is 16.5. The Morgan fingerprint density at radius 2 is 2.00 bits per heavy atom. The first-order valence-electron chi connectivity index (χ1n) is 4.90. The van der Waals surface area contributed by atoms with Gasteiger partial charge in [-0.25, -0.2) is 0 Å². The maximum absolute atomic E-state index is 9.56. The Hall–Kier alpha value is -0.800. The monoisotopic (exact) mass is 198 g/mol. The third-order valence-electron chi connectivity index (χ3n) is 3.00. The number of aliphatic hydroxyl groups is 2. The molecule has 2 rings (SSSR count). The molecule has 3 unspecified atom stereocenters. The molecule has 0 aromatic carbocycles. The van der Waals surface area contributed by atoms with Crippen LogP contribution < -0.4 is 0 Å². The van der Waals surface area contributed by atoms with Crippen LogP contribution in [0.1, 0.15) is 25.7 Å². The molecule has 0 radical (unpaired) electrons. The average Bonchev–Trinajstić information content (AvgIpc) is 2.62. The summed E-state index contributed by atoms with van der Waals surface area (Å²) in [6.07, 6.45) is 5.81. The van der Waals surface area contributed by atoms with Gasteiger partial charge in [0, 0.05) is 0 Å². The Morgan fingerprint density at radius 3 is 2.14 bits per heavy atom. The quantitative estimate of drug-likeness (QED) is 0.662. The second-order valence-corrected chi connectivity index (χ2v) is 3.93. The van der Waals surface area contributed by atoms with E-state index in [9.17, 15) is 10.2 Å². The number of rotatable bonds is 2. The van der Waals surface area contributed by atoms with Crippen LogP contribution in [0, 0.1) is 5.92 Å². The summed E-state index contributed by atoms with van der Waals surface area (Å²) in [5.74, 6) is 0.616. The van der Waals surface area contributed by atoms with Crippen molar-refractivity contribution in [3.05, 3.63) is 25.7 Å². The van der Waals surface area contributed by atoms with Crippen LogP contribution in [0.25, 0.3) is 0 Å². The zero-order valence-corrected chi connectivity index (χ0v) is 8.35. The summed E-state index contributed by atoms with van der Waals surface area (Å²) in [7, 11) is 0. The minimum absolute atomic E-state index is 0.420. The second-order valence-electron chi connectivity index (χ2n) is 3.93. The maximum atomic E-state index is 9.56. The van der Waals surface area contributed by atoms with E-state index in [1.807, 2.05) is 0 Å². The van der Waals surface area contributed by atoms with Crippen LogP contribution in [-0.4, -0.2) is 21.9 Å². The van der Waals surface area contributed by atoms with Crippen LogP contribution in [0.4, 0.5) is 0 Å². The largest absolute Gasteiger partial charge is 0.474 e. The predicted molar refractivity (Wildman–Crippen MR) is 54.4 cm³/mol. The first-order chi connectivity index (χ1) is 6.62. The Bertz CT molecular complexity index is 209. The molecule has 0 saturated heterocycles. The predicted octanol–water partition coefficient (Wildman–Crippen LogP) is 1.57. The van der Waals surface area contributed by atoms with Gasteiger partial charge in [-0.3, -0.25) is 0 Å². The van der Waals surface area contributed by atoms with Gasteiger partial charge in [0.25, 0.3) is 0 Å². The second kappa shape index (κ2) is 4.62. The van der Waals surface area contributed by atoms with Crippen LogP contribution in [0.3, 0.4) is 0 Å². The summed E-state index contributed by atoms with van der Waals surface area (Å²) < 4.78 is 4.36. The lowest BCUT2D eigenvalue weighted by Gasteiger charge is -2.24. The first-order valence-corrected chi connectivity index (χ1v) is 4.90. The lowest BCUT2D eigenvalue weighted by molar-refractivity contribution is -0.0561. The van der Waals surface area contributed by atoms with E-state index in [1.165, 1.54) is 12.5 Å². The van der Waals surface area contributed by atoms with Gasteiger partial charge in [0.15, 0.2) is 0 Å². The van der Waals surface area contributed by atoms with Gasteiger partial charge < -0.3 is 14.9 Å². The molecule has 3 atom stereocenters. The van der Waals surface area contributed by atoms with E-state index in [0.29, 0.717) is 5.92 Å². The molecule has 2 saturated carbocycles.